The van der Waals surface area contributed by atoms with E-state index in [4.69, 9.17) is 14.6 Å². The van der Waals surface area contributed by atoms with Crippen LogP contribution in [0, 0.1) is 0 Å². The molecule has 0 aromatic rings. The van der Waals surface area contributed by atoms with Crippen LogP contribution in [0.15, 0.2) is 0 Å². The van der Waals surface area contributed by atoms with Crippen LogP contribution in [0.2, 0.25) is 0 Å². The molecule has 0 aromatic carbocycles. The van der Waals surface area contributed by atoms with Crippen molar-refractivity contribution in [3.8, 4) is 0 Å². The molecule has 0 fully saturated rings. The van der Waals surface area contributed by atoms with Gasteiger partial charge in [-0.3, -0.25) is 0 Å². The molecule has 0 bridgehead atoms. The van der Waals surface area contributed by atoms with E-state index >= 15 is 0 Å². The van der Waals surface area contributed by atoms with E-state index in [1.165, 1.54) is 7.11 Å². The highest BCUT2D eigenvalue weighted by Crippen LogP contribution is 2.08. The van der Waals surface area contributed by atoms with Gasteiger partial charge in [-0.1, -0.05) is 0 Å². The van der Waals surface area contributed by atoms with E-state index in [0.29, 0.717) is 0 Å². The Kier molecular flexibility index (Phi) is 5.95. The summed E-state index contributed by atoms with van der Waals surface area (Å²) < 4.78 is 9.94. The lowest BCUT2D eigenvalue weighted by atomic mass is 10.1. The quantitative estimate of drug-likeness (QED) is 0.766. The van der Waals surface area contributed by atoms with E-state index in [1.54, 1.807) is 27.7 Å². The number of hydrogen-bond acceptors (Lipinski definition) is 4. The molecular weight excluding hydrogens is 226 g/mol. The molecule has 6 heteroatoms. The first-order chi connectivity index (χ1) is 7.65. The van der Waals surface area contributed by atoms with Gasteiger partial charge < -0.3 is 19.9 Å². The fraction of sp³-hybridized carbons (Fsp3) is 0.818. The minimum absolute atomic E-state index is 0.186. The first-order valence-electron chi connectivity index (χ1n) is 5.41. The zero-order chi connectivity index (χ0) is 13.6. The fourth-order valence-corrected chi connectivity index (χ4v) is 1.10. The number of aliphatic carboxylic acids is 1. The molecule has 2 unspecified atom stereocenters. The first-order valence-corrected chi connectivity index (χ1v) is 5.41. The fourth-order valence-electron chi connectivity index (χ4n) is 1.10. The van der Waals surface area contributed by atoms with E-state index in [0.717, 1.165) is 0 Å². The maximum absolute atomic E-state index is 11.4. The average molecular weight is 247 g/mol. The second-order valence-corrected chi connectivity index (χ2v) is 4.82. The third-order valence-electron chi connectivity index (χ3n) is 1.96. The van der Waals surface area contributed by atoms with E-state index in [2.05, 4.69) is 5.32 Å². The van der Waals surface area contributed by atoms with E-state index < -0.39 is 23.7 Å². The molecule has 0 rings (SSSR count). The molecular formula is C11H21NO5. The number of carbonyl (C=O) groups excluding carboxylic acids is 1. The number of carbonyl (C=O) groups is 2. The molecule has 17 heavy (non-hydrogen) atoms. The Labute approximate surface area is 101 Å². The van der Waals surface area contributed by atoms with Crippen molar-refractivity contribution in [2.75, 3.05) is 7.11 Å². The van der Waals surface area contributed by atoms with Crippen LogP contribution < -0.4 is 5.32 Å². The normalized spacial score (nSPS) is 14.9. The van der Waals surface area contributed by atoms with Gasteiger partial charge in [-0.2, -0.15) is 0 Å². The third kappa shape index (κ3) is 7.57. The van der Waals surface area contributed by atoms with Crippen molar-refractivity contribution in [3.05, 3.63) is 0 Å². The van der Waals surface area contributed by atoms with Crippen molar-refractivity contribution < 1.29 is 24.2 Å². The average Bonchev–Trinajstić information content (AvgIpc) is 2.13. The van der Waals surface area contributed by atoms with Crippen molar-refractivity contribution in [1.82, 2.24) is 5.32 Å². The monoisotopic (exact) mass is 247 g/mol. The second-order valence-electron chi connectivity index (χ2n) is 4.82. The summed E-state index contributed by atoms with van der Waals surface area (Å²) in [6.45, 7) is 6.85. The Morgan fingerprint density at radius 3 is 2.24 bits per heavy atom. The van der Waals surface area contributed by atoms with Gasteiger partial charge in [-0.15, -0.1) is 0 Å². The molecule has 0 aliphatic heterocycles. The molecule has 0 radical (unpaired) electrons. The Morgan fingerprint density at radius 1 is 1.35 bits per heavy atom. The molecule has 0 aliphatic rings. The molecule has 2 N–H and O–H groups in total. The van der Waals surface area contributed by atoms with E-state index in [-0.39, 0.29) is 12.5 Å². The lowest BCUT2D eigenvalue weighted by Crippen LogP contribution is -2.45. The van der Waals surface area contributed by atoms with Crippen molar-refractivity contribution in [2.24, 2.45) is 0 Å². The van der Waals surface area contributed by atoms with Gasteiger partial charge in [0.05, 0.1) is 6.10 Å². The predicted molar refractivity (Wildman–Crippen MR) is 61.9 cm³/mol. The lowest BCUT2D eigenvalue weighted by Gasteiger charge is -2.23. The van der Waals surface area contributed by atoms with Crippen LogP contribution in [0.1, 0.15) is 34.1 Å². The molecule has 0 saturated heterocycles. The van der Waals surface area contributed by atoms with Gasteiger partial charge in [0.1, 0.15) is 11.6 Å². The minimum Gasteiger partial charge on any atom is -0.480 e. The standard InChI is InChI=1S/C11H21NO5/c1-7(16-5)6-8(9(13)14)12-10(15)17-11(2,3)4/h7-8H,6H2,1-5H3,(H,12,15)(H,13,14). The first kappa shape index (κ1) is 15.7. The van der Waals surface area contributed by atoms with Crippen molar-refractivity contribution in [1.29, 1.82) is 0 Å². The Balaban J connectivity index is 4.35. The maximum atomic E-state index is 11.4. The van der Waals surface area contributed by atoms with Gasteiger partial charge in [0.25, 0.3) is 0 Å². The molecule has 0 saturated carbocycles. The highest BCUT2D eigenvalue weighted by atomic mass is 16.6. The van der Waals surface area contributed by atoms with Crippen LogP contribution in [-0.4, -0.2) is 42.0 Å². The van der Waals surface area contributed by atoms with Crippen LogP contribution in [0.5, 0.6) is 0 Å². The van der Waals surface area contributed by atoms with Crippen molar-refractivity contribution >= 4 is 12.1 Å². The van der Waals surface area contributed by atoms with Gasteiger partial charge in [-0.25, -0.2) is 9.59 Å². The molecule has 2 atom stereocenters. The van der Waals surface area contributed by atoms with Gasteiger partial charge in [0.15, 0.2) is 0 Å². The number of alkyl carbamates (subject to hydrolysis) is 1. The summed E-state index contributed by atoms with van der Waals surface area (Å²) in [6, 6.07) is -1.01. The number of hydrogen-bond donors (Lipinski definition) is 2. The predicted octanol–water partition coefficient (Wildman–Crippen LogP) is 1.39. The highest BCUT2D eigenvalue weighted by molar-refractivity contribution is 5.80. The van der Waals surface area contributed by atoms with Crippen molar-refractivity contribution in [2.45, 2.75) is 51.9 Å². The summed E-state index contributed by atoms with van der Waals surface area (Å²) >= 11 is 0. The van der Waals surface area contributed by atoms with Crippen molar-refractivity contribution in [3.63, 3.8) is 0 Å². The number of rotatable bonds is 5. The maximum Gasteiger partial charge on any atom is 0.408 e. The minimum atomic E-state index is -1.11. The molecule has 6 nitrogen and oxygen atoms in total. The van der Waals surface area contributed by atoms with Crippen LogP contribution >= 0.6 is 0 Å². The summed E-state index contributed by atoms with van der Waals surface area (Å²) in [4.78, 5) is 22.3. The van der Waals surface area contributed by atoms with Crippen LogP contribution in [0.25, 0.3) is 0 Å². The number of nitrogens with one attached hydrogen (secondary N) is 1. The van der Waals surface area contributed by atoms with Crippen LogP contribution in [0.3, 0.4) is 0 Å². The molecule has 0 aliphatic carbocycles. The number of methoxy groups -OCH3 is 1. The summed E-state index contributed by atoms with van der Waals surface area (Å²) in [7, 11) is 1.48. The van der Waals surface area contributed by atoms with Gasteiger partial charge in [-0.05, 0) is 27.7 Å². The number of amides is 1. The molecule has 0 aromatic heterocycles. The van der Waals surface area contributed by atoms with Gasteiger partial charge >= 0.3 is 12.1 Å². The molecule has 0 heterocycles. The third-order valence-corrected chi connectivity index (χ3v) is 1.96. The Morgan fingerprint density at radius 2 is 1.88 bits per heavy atom. The zero-order valence-corrected chi connectivity index (χ0v) is 10.9. The zero-order valence-electron chi connectivity index (χ0n) is 10.9. The Bertz CT molecular complexity index is 272. The number of ether oxygens (including phenoxy) is 2. The molecule has 100 valence electrons. The van der Waals surface area contributed by atoms with Crippen LogP contribution in [0.4, 0.5) is 4.79 Å². The lowest BCUT2D eigenvalue weighted by molar-refractivity contribution is -0.140. The topological polar surface area (TPSA) is 84.9 Å². The van der Waals surface area contributed by atoms with E-state index in [9.17, 15) is 9.59 Å². The summed E-state index contributed by atoms with van der Waals surface area (Å²) in [5.41, 5.74) is -0.653. The summed E-state index contributed by atoms with van der Waals surface area (Å²) in [5.74, 6) is -1.11. The Hall–Kier alpha value is -1.30. The van der Waals surface area contributed by atoms with E-state index in [1.807, 2.05) is 0 Å². The highest BCUT2D eigenvalue weighted by Gasteiger charge is 2.25. The number of carboxylic acid groups (broad SMARTS) is 1. The second kappa shape index (κ2) is 6.44. The molecule has 0 spiro atoms. The SMILES string of the molecule is COC(C)CC(NC(=O)OC(C)(C)C)C(=O)O. The van der Waals surface area contributed by atoms with Gasteiger partial charge in [0.2, 0.25) is 0 Å². The molecule has 1 amide bonds. The summed E-state index contributed by atoms with van der Waals surface area (Å²) in [5, 5.41) is 11.2. The van der Waals surface area contributed by atoms with Gasteiger partial charge in [0, 0.05) is 13.5 Å². The smallest absolute Gasteiger partial charge is 0.408 e. The largest absolute Gasteiger partial charge is 0.480 e. The number of carboxylic acids is 1. The van der Waals surface area contributed by atoms with Crippen LogP contribution in [-0.2, 0) is 14.3 Å². The summed E-state index contributed by atoms with van der Waals surface area (Å²) in [6.07, 6.45) is -0.815.